The SMILES string of the molecule is CCC(C)n1nccc1NC(=O)CCc1ccco1. The molecule has 0 aliphatic rings. The largest absolute Gasteiger partial charge is 0.469 e. The molecule has 1 atom stereocenters. The van der Waals surface area contributed by atoms with Gasteiger partial charge in [-0.2, -0.15) is 5.10 Å². The molecule has 1 unspecified atom stereocenters. The molecular weight excluding hydrogens is 242 g/mol. The van der Waals surface area contributed by atoms with Crippen molar-refractivity contribution in [2.24, 2.45) is 0 Å². The molecule has 0 saturated heterocycles. The predicted molar refractivity (Wildman–Crippen MR) is 72.9 cm³/mol. The number of nitrogens with zero attached hydrogens (tertiary/aromatic N) is 2. The number of carbonyl (C=O) groups excluding carboxylic acids is 1. The summed E-state index contributed by atoms with van der Waals surface area (Å²) in [4.78, 5) is 11.9. The number of anilines is 1. The Morgan fingerprint density at radius 3 is 3.05 bits per heavy atom. The van der Waals surface area contributed by atoms with E-state index in [9.17, 15) is 4.79 Å². The van der Waals surface area contributed by atoms with Crippen molar-refractivity contribution in [3.8, 4) is 0 Å². The molecule has 0 aliphatic carbocycles. The van der Waals surface area contributed by atoms with Crippen molar-refractivity contribution in [3.05, 3.63) is 36.4 Å². The molecule has 0 fully saturated rings. The zero-order valence-corrected chi connectivity index (χ0v) is 11.3. The van der Waals surface area contributed by atoms with Crippen molar-refractivity contribution < 1.29 is 9.21 Å². The molecule has 1 N–H and O–H groups in total. The summed E-state index contributed by atoms with van der Waals surface area (Å²) in [6.45, 7) is 4.17. The maximum atomic E-state index is 11.9. The van der Waals surface area contributed by atoms with Gasteiger partial charge < -0.3 is 9.73 Å². The van der Waals surface area contributed by atoms with E-state index < -0.39 is 0 Å². The number of furan rings is 1. The highest BCUT2D eigenvalue weighted by atomic mass is 16.3. The highest BCUT2D eigenvalue weighted by molar-refractivity contribution is 5.89. The molecule has 0 aromatic carbocycles. The standard InChI is InChI=1S/C14H19N3O2/c1-3-11(2)17-13(8-9-15-17)16-14(18)7-6-12-5-4-10-19-12/h4-5,8-11H,3,6-7H2,1-2H3,(H,16,18). The number of amides is 1. The first kappa shape index (κ1) is 13.4. The second-order valence-electron chi connectivity index (χ2n) is 4.55. The lowest BCUT2D eigenvalue weighted by Gasteiger charge is -2.14. The number of rotatable bonds is 6. The summed E-state index contributed by atoms with van der Waals surface area (Å²) in [6, 6.07) is 5.79. The van der Waals surface area contributed by atoms with Crippen molar-refractivity contribution in [1.82, 2.24) is 9.78 Å². The van der Waals surface area contributed by atoms with Crippen LogP contribution in [0.1, 0.15) is 38.5 Å². The molecule has 102 valence electrons. The number of nitrogens with one attached hydrogen (secondary N) is 1. The Kier molecular flexibility index (Phi) is 4.39. The van der Waals surface area contributed by atoms with Crippen LogP contribution in [0.25, 0.3) is 0 Å². The Morgan fingerprint density at radius 2 is 2.37 bits per heavy atom. The van der Waals surface area contributed by atoms with Gasteiger partial charge in [0, 0.05) is 18.9 Å². The Morgan fingerprint density at radius 1 is 1.53 bits per heavy atom. The fourth-order valence-corrected chi connectivity index (χ4v) is 1.83. The predicted octanol–water partition coefficient (Wildman–Crippen LogP) is 3.02. The van der Waals surface area contributed by atoms with Gasteiger partial charge in [0.25, 0.3) is 0 Å². The first-order valence-electron chi connectivity index (χ1n) is 6.56. The van der Waals surface area contributed by atoms with E-state index in [0.717, 1.165) is 18.0 Å². The smallest absolute Gasteiger partial charge is 0.225 e. The third-order valence-electron chi connectivity index (χ3n) is 3.12. The lowest BCUT2D eigenvalue weighted by atomic mass is 10.2. The van der Waals surface area contributed by atoms with Crippen molar-refractivity contribution in [1.29, 1.82) is 0 Å². The number of hydrogen-bond donors (Lipinski definition) is 1. The number of hydrogen-bond acceptors (Lipinski definition) is 3. The maximum absolute atomic E-state index is 11.9. The van der Waals surface area contributed by atoms with Crippen LogP contribution in [-0.4, -0.2) is 15.7 Å². The molecule has 1 amide bonds. The zero-order chi connectivity index (χ0) is 13.7. The summed E-state index contributed by atoms with van der Waals surface area (Å²) in [5.41, 5.74) is 0. The summed E-state index contributed by atoms with van der Waals surface area (Å²) in [5.74, 6) is 1.55. The van der Waals surface area contributed by atoms with Crippen molar-refractivity contribution in [2.45, 2.75) is 39.2 Å². The van der Waals surface area contributed by atoms with Crippen LogP contribution in [-0.2, 0) is 11.2 Å². The number of carbonyl (C=O) groups is 1. The molecule has 2 aromatic heterocycles. The summed E-state index contributed by atoms with van der Waals surface area (Å²) in [5, 5.41) is 7.12. The molecule has 0 saturated carbocycles. The van der Waals surface area contributed by atoms with E-state index >= 15 is 0 Å². The molecule has 0 radical (unpaired) electrons. The second kappa shape index (κ2) is 6.22. The minimum absolute atomic E-state index is 0.0264. The average Bonchev–Trinajstić information content (AvgIpc) is 3.06. The Balaban J connectivity index is 1.90. The Labute approximate surface area is 112 Å². The lowest BCUT2D eigenvalue weighted by Crippen LogP contribution is -2.17. The maximum Gasteiger partial charge on any atom is 0.225 e. The van der Waals surface area contributed by atoms with Gasteiger partial charge >= 0.3 is 0 Å². The highest BCUT2D eigenvalue weighted by Crippen LogP contribution is 2.16. The fourth-order valence-electron chi connectivity index (χ4n) is 1.83. The highest BCUT2D eigenvalue weighted by Gasteiger charge is 2.11. The molecule has 2 rings (SSSR count). The summed E-state index contributed by atoms with van der Waals surface area (Å²) >= 11 is 0. The van der Waals surface area contributed by atoms with E-state index in [-0.39, 0.29) is 11.9 Å². The van der Waals surface area contributed by atoms with Crippen LogP contribution >= 0.6 is 0 Å². The van der Waals surface area contributed by atoms with Crippen molar-refractivity contribution in [2.75, 3.05) is 5.32 Å². The van der Waals surface area contributed by atoms with E-state index in [1.807, 2.05) is 22.9 Å². The van der Waals surface area contributed by atoms with Gasteiger partial charge in [0.2, 0.25) is 5.91 Å². The van der Waals surface area contributed by atoms with Gasteiger partial charge in [-0.1, -0.05) is 6.92 Å². The van der Waals surface area contributed by atoms with Crippen LogP contribution < -0.4 is 5.32 Å². The number of aromatic nitrogens is 2. The molecule has 5 heteroatoms. The normalized spacial score (nSPS) is 12.3. The van der Waals surface area contributed by atoms with Crippen LogP contribution in [0.2, 0.25) is 0 Å². The first-order valence-corrected chi connectivity index (χ1v) is 6.56. The van der Waals surface area contributed by atoms with Crippen LogP contribution in [0.4, 0.5) is 5.82 Å². The fraction of sp³-hybridized carbons (Fsp3) is 0.429. The number of aryl methyl sites for hydroxylation is 1. The lowest BCUT2D eigenvalue weighted by molar-refractivity contribution is -0.116. The van der Waals surface area contributed by atoms with Gasteiger partial charge in [0.05, 0.1) is 18.5 Å². The van der Waals surface area contributed by atoms with Gasteiger partial charge in [-0.05, 0) is 25.5 Å². The summed E-state index contributed by atoms with van der Waals surface area (Å²) in [7, 11) is 0. The van der Waals surface area contributed by atoms with Crippen LogP contribution in [0, 0.1) is 0 Å². The van der Waals surface area contributed by atoms with Gasteiger partial charge in [-0.3, -0.25) is 4.79 Å². The van der Waals surface area contributed by atoms with Gasteiger partial charge in [0.15, 0.2) is 0 Å². The molecule has 2 heterocycles. The van der Waals surface area contributed by atoms with Gasteiger partial charge in [0.1, 0.15) is 11.6 Å². The topological polar surface area (TPSA) is 60.1 Å². The summed E-state index contributed by atoms with van der Waals surface area (Å²) < 4.78 is 7.04. The molecule has 19 heavy (non-hydrogen) atoms. The zero-order valence-electron chi connectivity index (χ0n) is 11.3. The summed E-state index contributed by atoms with van der Waals surface area (Å²) in [6.07, 6.45) is 5.30. The monoisotopic (exact) mass is 261 g/mol. The molecular formula is C14H19N3O2. The van der Waals surface area contributed by atoms with Crippen molar-refractivity contribution in [3.63, 3.8) is 0 Å². The molecule has 0 aliphatic heterocycles. The second-order valence-corrected chi connectivity index (χ2v) is 4.55. The Bertz CT molecular complexity index is 517. The molecule has 2 aromatic rings. The molecule has 0 bridgehead atoms. The average molecular weight is 261 g/mol. The third-order valence-corrected chi connectivity index (χ3v) is 3.12. The van der Waals surface area contributed by atoms with Crippen LogP contribution in [0.15, 0.2) is 35.1 Å². The third kappa shape index (κ3) is 3.47. The van der Waals surface area contributed by atoms with Gasteiger partial charge in [-0.15, -0.1) is 0 Å². The van der Waals surface area contributed by atoms with Crippen LogP contribution in [0.3, 0.4) is 0 Å². The van der Waals surface area contributed by atoms with E-state index in [1.54, 1.807) is 12.5 Å². The minimum atomic E-state index is -0.0264. The van der Waals surface area contributed by atoms with Gasteiger partial charge in [-0.25, -0.2) is 4.68 Å². The minimum Gasteiger partial charge on any atom is -0.469 e. The first-order chi connectivity index (χ1) is 9.20. The quantitative estimate of drug-likeness (QED) is 0.869. The van der Waals surface area contributed by atoms with Crippen LogP contribution in [0.5, 0.6) is 0 Å². The van der Waals surface area contributed by atoms with E-state index in [4.69, 9.17) is 4.42 Å². The molecule has 0 spiro atoms. The molecule has 5 nitrogen and oxygen atoms in total. The van der Waals surface area contributed by atoms with E-state index in [1.165, 1.54) is 0 Å². The van der Waals surface area contributed by atoms with Crippen molar-refractivity contribution >= 4 is 11.7 Å². The Hall–Kier alpha value is -2.04. The van der Waals surface area contributed by atoms with E-state index in [2.05, 4.69) is 24.3 Å². The van der Waals surface area contributed by atoms with E-state index in [0.29, 0.717) is 12.8 Å².